The van der Waals surface area contributed by atoms with Crippen LogP contribution in [-0.2, 0) is 6.42 Å². The first-order valence-corrected chi connectivity index (χ1v) is 4.21. The van der Waals surface area contributed by atoms with Crippen LogP contribution in [0.2, 0.25) is 0 Å². The zero-order valence-electron chi connectivity index (χ0n) is 7.11. The number of aliphatic hydroxyl groups is 1. The minimum absolute atomic E-state index is 0.172. The molecule has 0 spiro atoms. The Bertz CT molecular complexity index is 206. The van der Waals surface area contributed by atoms with Crippen molar-refractivity contribution in [2.45, 2.75) is 6.42 Å². The molecule has 0 bridgehead atoms. The van der Waals surface area contributed by atoms with Crippen molar-refractivity contribution in [3.8, 4) is 0 Å². The van der Waals surface area contributed by atoms with Crippen LogP contribution in [0.1, 0.15) is 5.56 Å². The van der Waals surface area contributed by atoms with Gasteiger partial charge < -0.3 is 10.8 Å². The van der Waals surface area contributed by atoms with Gasteiger partial charge in [-0.15, -0.1) is 0 Å². The predicted molar refractivity (Wildman–Crippen MR) is 49.8 cm³/mol. The second-order valence-electron chi connectivity index (χ2n) is 2.97. The third-order valence-corrected chi connectivity index (χ3v) is 1.96. The van der Waals surface area contributed by atoms with Gasteiger partial charge in [-0.2, -0.15) is 0 Å². The van der Waals surface area contributed by atoms with E-state index in [1.807, 2.05) is 18.2 Å². The van der Waals surface area contributed by atoms with Crippen molar-refractivity contribution in [3.05, 3.63) is 35.9 Å². The summed E-state index contributed by atoms with van der Waals surface area (Å²) in [5, 5.41) is 8.91. The Labute approximate surface area is 73.0 Å². The van der Waals surface area contributed by atoms with Crippen LogP contribution in [0.4, 0.5) is 0 Å². The fraction of sp³-hybridized carbons (Fsp3) is 0.400. The molecule has 1 rings (SSSR count). The molecule has 0 saturated carbocycles. The summed E-state index contributed by atoms with van der Waals surface area (Å²) in [6, 6.07) is 10.1. The fourth-order valence-electron chi connectivity index (χ4n) is 1.17. The van der Waals surface area contributed by atoms with Crippen LogP contribution in [0.25, 0.3) is 0 Å². The number of nitrogens with two attached hydrogens (primary N) is 1. The van der Waals surface area contributed by atoms with Gasteiger partial charge in [0.1, 0.15) is 0 Å². The van der Waals surface area contributed by atoms with Crippen LogP contribution in [-0.4, -0.2) is 18.3 Å². The summed E-state index contributed by atoms with van der Waals surface area (Å²) in [7, 11) is 0. The zero-order chi connectivity index (χ0) is 8.81. The van der Waals surface area contributed by atoms with E-state index in [2.05, 4.69) is 12.1 Å². The topological polar surface area (TPSA) is 46.2 Å². The van der Waals surface area contributed by atoms with E-state index in [4.69, 9.17) is 10.8 Å². The molecule has 3 N–H and O–H groups in total. The number of benzene rings is 1. The fourth-order valence-corrected chi connectivity index (χ4v) is 1.17. The Morgan fingerprint density at radius 1 is 1.25 bits per heavy atom. The third-order valence-electron chi connectivity index (χ3n) is 1.96. The minimum Gasteiger partial charge on any atom is -0.396 e. The molecule has 12 heavy (non-hydrogen) atoms. The molecule has 0 amide bonds. The summed E-state index contributed by atoms with van der Waals surface area (Å²) >= 11 is 0. The highest BCUT2D eigenvalue weighted by atomic mass is 16.3. The molecule has 0 heterocycles. The average molecular weight is 165 g/mol. The Kier molecular flexibility index (Phi) is 3.77. The maximum atomic E-state index is 8.91. The molecule has 1 aromatic carbocycles. The van der Waals surface area contributed by atoms with Crippen LogP contribution in [0.5, 0.6) is 0 Å². The van der Waals surface area contributed by atoms with Gasteiger partial charge in [-0.25, -0.2) is 0 Å². The first kappa shape index (κ1) is 9.23. The number of rotatable bonds is 4. The normalized spacial score (nSPS) is 12.8. The quantitative estimate of drug-likeness (QED) is 0.693. The molecule has 0 fully saturated rings. The second kappa shape index (κ2) is 4.91. The van der Waals surface area contributed by atoms with E-state index in [1.54, 1.807) is 0 Å². The molecule has 1 aromatic rings. The van der Waals surface area contributed by atoms with Crippen molar-refractivity contribution in [1.29, 1.82) is 0 Å². The molecule has 0 aliphatic rings. The highest BCUT2D eigenvalue weighted by Gasteiger charge is 2.04. The van der Waals surface area contributed by atoms with Crippen LogP contribution >= 0.6 is 0 Å². The lowest BCUT2D eigenvalue weighted by atomic mass is 10.0. The molecule has 0 aliphatic heterocycles. The molecule has 66 valence electrons. The highest BCUT2D eigenvalue weighted by molar-refractivity contribution is 5.15. The lowest BCUT2D eigenvalue weighted by Crippen LogP contribution is -2.20. The van der Waals surface area contributed by atoms with E-state index in [1.165, 1.54) is 5.56 Å². The Morgan fingerprint density at radius 3 is 2.42 bits per heavy atom. The van der Waals surface area contributed by atoms with Crippen LogP contribution < -0.4 is 5.73 Å². The molecular formula is C10H15NO. The average Bonchev–Trinajstić information content (AvgIpc) is 2.16. The number of hydrogen-bond acceptors (Lipinski definition) is 2. The molecule has 0 radical (unpaired) electrons. The summed E-state index contributed by atoms with van der Waals surface area (Å²) in [6.45, 7) is 0.719. The van der Waals surface area contributed by atoms with E-state index in [0.717, 1.165) is 6.42 Å². The van der Waals surface area contributed by atoms with Crippen LogP contribution in [0.3, 0.4) is 0 Å². The van der Waals surface area contributed by atoms with Gasteiger partial charge in [0.15, 0.2) is 0 Å². The van der Waals surface area contributed by atoms with E-state index < -0.39 is 0 Å². The van der Waals surface area contributed by atoms with Crippen molar-refractivity contribution in [3.63, 3.8) is 0 Å². The first-order valence-electron chi connectivity index (χ1n) is 4.21. The first-order chi connectivity index (χ1) is 5.86. The molecule has 1 unspecified atom stereocenters. The van der Waals surface area contributed by atoms with E-state index in [-0.39, 0.29) is 12.5 Å². The van der Waals surface area contributed by atoms with Crippen molar-refractivity contribution < 1.29 is 5.11 Å². The van der Waals surface area contributed by atoms with Gasteiger partial charge in [0.05, 0.1) is 0 Å². The van der Waals surface area contributed by atoms with Crippen LogP contribution in [0.15, 0.2) is 30.3 Å². The monoisotopic (exact) mass is 165 g/mol. The molecule has 1 atom stereocenters. The summed E-state index contributed by atoms with van der Waals surface area (Å²) in [6.07, 6.45) is 0.869. The predicted octanol–water partition coefficient (Wildman–Crippen LogP) is 0.796. The van der Waals surface area contributed by atoms with Gasteiger partial charge in [0, 0.05) is 6.61 Å². The largest absolute Gasteiger partial charge is 0.396 e. The van der Waals surface area contributed by atoms with E-state index in [9.17, 15) is 0 Å². The second-order valence-corrected chi connectivity index (χ2v) is 2.97. The standard InChI is InChI=1S/C10H15NO/c11-7-10(8-12)6-9-4-2-1-3-5-9/h1-5,10,12H,6-8,11H2. The maximum Gasteiger partial charge on any atom is 0.0474 e. The Hall–Kier alpha value is -0.860. The Morgan fingerprint density at radius 2 is 1.92 bits per heavy atom. The van der Waals surface area contributed by atoms with Gasteiger partial charge in [0.25, 0.3) is 0 Å². The van der Waals surface area contributed by atoms with E-state index in [0.29, 0.717) is 6.54 Å². The molecule has 0 aliphatic carbocycles. The lowest BCUT2D eigenvalue weighted by molar-refractivity contribution is 0.230. The van der Waals surface area contributed by atoms with Gasteiger partial charge >= 0.3 is 0 Å². The molecule has 0 saturated heterocycles. The van der Waals surface area contributed by atoms with Crippen LogP contribution in [0, 0.1) is 5.92 Å². The van der Waals surface area contributed by atoms with Crippen molar-refractivity contribution in [2.24, 2.45) is 11.7 Å². The number of aliphatic hydroxyl groups excluding tert-OH is 1. The summed E-state index contributed by atoms with van der Waals surface area (Å²) in [5.74, 6) is 0.201. The minimum atomic E-state index is 0.172. The van der Waals surface area contributed by atoms with Gasteiger partial charge in [0.2, 0.25) is 0 Å². The van der Waals surface area contributed by atoms with Crippen molar-refractivity contribution >= 4 is 0 Å². The van der Waals surface area contributed by atoms with Crippen molar-refractivity contribution in [2.75, 3.05) is 13.2 Å². The molecule has 0 aromatic heterocycles. The SMILES string of the molecule is NCC(CO)Cc1ccccc1. The smallest absolute Gasteiger partial charge is 0.0474 e. The summed E-state index contributed by atoms with van der Waals surface area (Å²) < 4.78 is 0. The number of hydrogen-bond donors (Lipinski definition) is 2. The maximum absolute atomic E-state index is 8.91. The van der Waals surface area contributed by atoms with Crippen molar-refractivity contribution in [1.82, 2.24) is 0 Å². The molecule has 2 heteroatoms. The van der Waals surface area contributed by atoms with E-state index >= 15 is 0 Å². The highest BCUT2D eigenvalue weighted by Crippen LogP contribution is 2.06. The van der Waals surface area contributed by atoms with Gasteiger partial charge in [-0.1, -0.05) is 30.3 Å². The Balaban J connectivity index is 2.51. The van der Waals surface area contributed by atoms with Gasteiger partial charge in [-0.05, 0) is 24.4 Å². The lowest BCUT2D eigenvalue weighted by Gasteiger charge is -2.10. The third kappa shape index (κ3) is 2.64. The summed E-state index contributed by atoms with van der Waals surface area (Å²) in [5.41, 5.74) is 6.71. The summed E-state index contributed by atoms with van der Waals surface area (Å²) in [4.78, 5) is 0. The molecule has 2 nitrogen and oxygen atoms in total. The molecular weight excluding hydrogens is 150 g/mol. The van der Waals surface area contributed by atoms with Gasteiger partial charge in [-0.3, -0.25) is 0 Å². The zero-order valence-corrected chi connectivity index (χ0v) is 7.11.